The smallest absolute Gasteiger partial charge is 0.204 e. The number of anilines is 1. The van der Waals surface area contributed by atoms with Gasteiger partial charge in [0, 0.05) is 10.6 Å². The average Bonchev–Trinajstić information content (AvgIpc) is 3.25. The first kappa shape index (κ1) is 21.9. The Bertz CT molecular complexity index is 1210. The van der Waals surface area contributed by atoms with E-state index >= 15 is 0 Å². The first-order valence-electron chi connectivity index (χ1n) is 10.1. The third kappa shape index (κ3) is 5.10. The van der Waals surface area contributed by atoms with Gasteiger partial charge in [0.2, 0.25) is 5.13 Å². The fraction of sp³-hybridized carbons (Fsp3) is 0.120. The lowest BCUT2D eigenvalue weighted by Gasteiger charge is -2.09. The maximum Gasteiger partial charge on any atom is 0.204 e. The van der Waals surface area contributed by atoms with Crippen molar-refractivity contribution in [1.82, 2.24) is 4.98 Å². The van der Waals surface area contributed by atoms with Crippen LogP contribution in [0.3, 0.4) is 0 Å². The number of hydrazone groups is 1. The van der Waals surface area contributed by atoms with E-state index in [4.69, 9.17) is 26.1 Å². The first-order valence-corrected chi connectivity index (χ1v) is 11.3. The van der Waals surface area contributed by atoms with Crippen molar-refractivity contribution in [3.8, 4) is 33.2 Å². The Morgan fingerprint density at radius 2 is 1.78 bits per heavy atom. The summed E-state index contributed by atoms with van der Waals surface area (Å²) in [7, 11) is 1.62. The average molecular weight is 464 g/mol. The lowest BCUT2D eigenvalue weighted by molar-refractivity contribution is 0.311. The van der Waals surface area contributed by atoms with Gasteiger partial charge in [-0.2, -0.15) is 5.10 Å². The monoisotopic (exact) mass is 463 g/mol. The molecule has 32 heavy (non-hydrogen) atoms. The molecule has 5 nitrogen and oxygen atoms in total. The van der Waals surface area contributed by atoms with E-state index in [-0.39, 0.29) is 0 Å². The maximum absolute atomic E-state index is 6.08. The molecule has 162 valence electrons. The fourth-order valence-electron chi connectivity index (χ4n) is 3.16. The summed E-state index contributed by atoms with van der Waals surface area (Å²) in [4.78, 5) is 5.85. The van der Waals surface area contributed by atoms with Crippen molar-refractivity contribution in [3.05, 3.63) is 83.4 Å². The first-order chi connectivity index (χ1) is 15.7. The van der Waals surface area contributed by atoms with E-state index in [1.54, 1.807) is 24.7 Å². The van der Waals surface area contributed by atoms with Crippen molar-refractivity contribution < 1.29 is 9.47 Å². The van der Waals surface area contributed by atoms with E-state index in [1.807, 2.05) is 79.7 Å². The summed E-state index contributed by atoms with van der Waals surface area (Å²) in [6, 6.07) is 23.6. The molecule has 4 aromatic rings. The molecule has 1 N–H and O–H groups in total. The molecule has 1 aromatic heterocycles. The van der Waals surface area contributed by atoms with E-state index < -0.39 is 0 Å². The summed E-state index contributed by atoms with van der Waals surface area (Å²) in [5, 5.41) is 5.77. The van der Waals surface area contributed by atoms with Gasteiger partial charge >= 0.3 is 0 Å². The van der Waals surface area contributed by atoms with Crippen molar-refractivity contribution in [1.29, 1.82) is 0 Å². The minimum absolute atomic E-state index is 0.578. The molecule has 0 fully saturated rings. The number of thiazole rings is 1. The standard InChI is InChI=1S/C25H22ClN3O2S/c1-3-31-21-14-9-17(15-22(21)30-2)16-27-29-25-28-23(18-7-5-4-6-8-18)24(32-25)19-10-12-20(26)13-11-19/h4-16H,3H2,1-2H3,(H,28,29). The summed E-state index contributed by atoms with van der Waals surface area (Å²) in [5.41, 5.74) is 6.95. The Morgan fingerprint density at radius 3 is 2.50 bits per heavy atom. The molecule has 7 heteroatoms. The summed E-state index contributed by atoms with van der Waals surface area (Å²) < 4.78 is 11.0. The molecule has 0 radical (unpaired) electrons. The summed E-state index contributed by atoms with van der Waals surface area (Å²) in [5.74, 6) is 1.38. The lowest BCUT2D eigenvalue weighted by atomic mass is 10.1. The van der Waals surface area contributed by atoms with E-state index in [0.29, 0.717) is 28.3 Å². The van der Waals surface area contributed by atoms with Crippen molar-refractivity contribution in [2.75, 3.05) is 19.1 Å². The molecule has 0 saturated heterocycles. The van der Waals surface area contributed by atoms with Crippen LogP contribution in [0.5, 0.6) is 11.5 Å². The minimum atomic E-state index is 0.578. The molecule has 3 aromatic carbocycles. The van der Waals surface area contributed by atoms with Gasteiger partial charge in [0.05, 0.1) is 30.5 Å². The van der Waals surface area contributed by atoms with Gasteiger partial charge in [-0.15, -0.1) is 0 Å². The number of ether oxygens (including phenoxy) is 2. The number of hydrogen-bond acceptors (Lipinski definition) is 6. The molecule has 0 atom stereocenters. The minimum Gasteiger partial charge on any atom is -0.493 e. The van der Waals surface area contributed by atoms with Gasteiger partial charge in [0.1, 0.15) is 0 Å². The van der Waals surface area contributed by atoms with E-state index in [2.05, 4.69) is 10.5 Å². The van der Waals surface area contributed by atoms with Crippen molar-refractivity contribution in [2.45, 2.75) is 6.92 Å². The van der Waals surface area contributed by atoms with Crippen molar-refractivity contribution in [2.24, 2.45) is 5.10 Å². The van der Waals surface area contributed by atoms with E-state index in [0.717, 1.165) is 27.3 Å². The van der Waals surface area contributed by atoms with Crippen LogP contribution in [-0.4, -0.2) is 24.9 Å². The third-order valence-corrected chi connectivity index (χ3v) is 5.90. The zero-order valence-corrected chi connectivity index (χ0v) is 19.3. The Labute approximate surface area is 196 Å². The molecule has 0 bridgehead atoms. The number of nitrogens with zero attached hydrogens (tertiary/aromatic N) is 2. The van der Waals surface area contributed by atoms with Gasteiger partial charge in [-0.1, -0.05) is 65.4 Å². The number of benzene rings is 3. The van der Waals surface area contributed by atoms with Crippen LogP contribution >= 0.6 is 22.9 Å². The molecule has 1 heterocycles. The van der Waals surface area contributed by atoms with Gasteiger partial charge in [0.15, 0.2) is 11.5 Å². The van der Waals surface area contributed by atoms with Crippen LogP contribution < -0.4 is 14.9 Å². The number of halogens is 1. The second-order valence-corrected chi connectivity index (χ2v) is 8.22. The highest BCUT2D eigenvalue weighted by atomic mass is 35.5. The van der Waals surface area contributed by atoms with Crippen LogP contribution in [0.1, 0.15) is 12.5 Å². The summed E-state index contributed by atoms with van der Waals surface area (Å²) in [6.45, 7) is 2.52. The summed E-state index contributed by atoms with van der Waals surface area (Å²) in [6.07, 6.45) is 1.73. The Kier molecular flexibility index (Phi) is 7.04. The highest BCUT2D eigenvalue weighted by Gasteiger charge is 2.15. The highest BCUT2D eigenvalue weighted by molar-refractivity contribution is 7.19. The quantitative estimate of drug-likeness (QED) is 0.226. The predicted octanol–water partition coefficient (Wildman–Crippen LogP) is 6.98. The van der Waals surface area contributed by atoms with Crippen LogP contribution in [0.25, 0.3) is 21.7 Å². The topological polar surface area (TPSA) is 55.7 Å². The molecular formula is C25H22ClN3O2S. The zero-order chi connectivity index (χ0) is 22.3. The second kappa shape index (κ2) is 10.3. The van der Waals surface area contributed by atoms with Gasteiger partial charge < -0.3 is 9.47 Å². The van der Waals surface area contributed by atoms with E-state index in [9.17, 15) is 0 Å². The maximum atomic E-state index is 6.08. The fourth-order valence-corrected chi connectivity index (χ4v) is 4.23. The SMILES string of the molecule is CCOc1ccc(C=NNc2nc(-c3ccccc3)c(-c3ccc(Cl)cc3)s2)cc1OC. The Balaban J connectivity index is 1.60. The van der Waals surface area contributed by atoms with Crippen LogP contribution in [0.2, 0.25) is 5.02 Å². The third-order valence-electron chi connectivity index (χ3n) is 4.64. The van der Waals surface area contributed by atoms with Gasteiger partial charge in [-0.05, 0) is 48.4 Å². The number of rotatable bonds is 8. The van der Waals surface area contributed by atoms with Gasteiger partial charge in [0.25, 0.3) is 0 Å². The molecule has 0 amide bonds. The molecule has 4 rings (SSSR count). The van der Waals surface area contributed by atoms with Crippen LogP contribution in [0.4, 0.5) is 5.13 Å². The van der Waals surface area contributed by atoms with Crippen LogP contribution in [0, 0.1) is 0 Å². The molecule has 0 aliphatic heterocycles. The molecule has 0 saturated carbocycles. The number of methoxy groups -OCH3 is 1. The largest absolute Gasteiger partial charge is 0.493 e. The highest BCUT2D eigenvalue weighted by Crippen LogP contribution is 2.39. The van der Waals surface area contributed by atoms with E-state index in [1.165, 1.54) is 0 Å². The summed E-state index contributed by atoms with van der Waals surface area (Å²) >= 11 is 7.62. The Hall–Kier alpha value is -3.35. The molecule has 0 spiro atoms. The van der Waals surface area contributed by atoms with Gasteiger partial charge in [-0.3, -0.25) is 5.43 Å². The molecular weight excluding hydrogens is 442 g/mol. The second-order valence-electron chi connectivity index (χ2n) is 6.78. The number of hydrogen-bond donors (Lipinski definition) is 1. The zero-order valence-electron chi connectivity index (χ0n) is 17.7. The van der Waals surface area contributed by atoms with Crippen molar-refractivity contribution in [3.63, 3.8) is 0 Å². The Morgan fingerprint density at radius 1 is 1.00 bits per heavy atom. The van der Waals surface area contributed by atoms with Gasteiger partial charge in [-0.25, -0.2) is 4.98 Å². The van der Waals surface area contributed by atoms with Crippen molar-refractivity contribution >= 4 is 34.3 Å². The predicted molar refractivity (Wildman–Crippen MR) is 133 cm³/mol. The lowest BCUT2D eigenvalue weighted by Crippen LogP contribution is -1.96. The van der Waals surface area contributed by atoms with Crippen LogP contribution in [0.15, 0.2) is 77.9 Å². The molecule has 0 unspecified atom stereocenters. The number of aromatic nitrogens is 1. The normalized spacial score (nSPS) is 11.0. The number of nitrogens with one attached hydrogen (secondary N) is 1. The molecule has 0 aliphatic carbocycles. The van der Waals surface area contributed by atoms with Crippen LogP contribution in [-0.2, 0) is 0 Å². The molecule has 0 aliphatic rings.